The van der Waals surface area contributed by atoms with Crippen molar-refractivity contribution in [3.8, 4) is 0 Å². The number of nitrogens with zero attached hydrogens (tertiary/aromatic N) is 4. The smallest absolute Gasteiger partial charge is 0.310 e. The molecule has 2 aromatic heterocycles. The summed E-state index contributed by atoms with van der Waals surface area (Å²) in [5.41, 5.74) is 26.1. The molecule has 6 atom stereocenters. The normalized spacial score (nSPS) is 23.0. The third kappa shape index (κ3) is 30.1. The summed E-state index contributed by atoms with van der Waals surface area (Å²) in [5, 5.41) is 61.3. The number of H-pyrrole nitrogens is 2. The van der Waals surface area contributed by atoms with Crippen LogP contribution in [-0.2, 0) is 76.0 Å². The Labute approximate surface area is 756 Å². The first-order valence-electron chi connectivity index (χ1n) is 49.0. The van der Waals surface area contributed by atoms with Crippen molar-refractivity contribution in [2.45, 2.75) is 391 Å². The van der Waals surface area contributed by atoms with Crippen molar-refractivity contribution in [3.63, 3.8) is 0 Å². The van der Waals surface area contributed by atoms with E-state index in [0.29, 0.717) is 74.4 Å². The fourth-order valence-corrected chi connectivity index (χ4v) is 19.5. The van der Waals surface area contributed by atoms with E-state index in [4.69, 9.17) is 49.4 Å². The van der Waals surface area contributed by atoms with Crippen molar-refractivity contribution >= 4 is 52.9 Å². The van der Waals surface area contributed by atoms with Crippen molar-refractivity contribution < 1.29 is 68.7 Å². The van der Waals surface area contributed by atoms with Crippen LogP contribution in [0.4, 0.5) is 0 Å². The average Bonchev–Trinajstić information content (AvgIpc) is 1.62. The molecule has 0 amide bonds. The van der Waals surface area contributed by atoms with Crippen molar-refractivity contribution in [2.24, 2.45) is 25.7 Å². The van der Waals surface area contributed by atoms with Crippen LogP contribution >= 0.6 is 0 Å². The number of nitrogens with two attached hydrogens (primary N) is 1. The van der Waals surface area contributed by atoms with E-state index in [-0.39, 0.29) is 61.2 Å². The molecule has 22 nitrogen and oxygen atoms in total. The molecule has 1 fully saturated rings. The molecule has 1 saturated heterocycles. The van der Waals surface area contributed by atoms with Crippen LogP contribution < -0.4 is 11.1 Å². The average molecular weight is 1750 g/mol. The van der Waals surface area contributed by atoms with Crippen molar-refractivity contribution in [1.29, 1.82) is 0 Å². The summed E-state index contributed by atoms with van der Waals surface area (Å²) in [5.74, 6) is -2.99. The first-order chi connectivity index (χ1) is 61.7. The molecule has 8 aliphatic rings. The van der Waals surface area contributed by atoms with Gasteiger partial charge in [0.1, 0.15) is 0 Å². The Kier molecular flexibility index (Phi) is 40.6. The Morgan fingerprint density at radius 3 is 1.54 bits per heavy atom. The minimum Gasteiger partial charge on any atom is -0.465 e. The van der Waals surface area contributed by atoms with E-state index >= 15 is 0 Å². The number of aliphatic imine (C=N–C) groups is 4. The molecule has 3 aromatic rings. The van der Waals surface area contributed by atoms with Crippen LogP contribution in [0.5, 0.6) is 0 Å². The number of esters is 3. The molecule has 0 aliphatic carbocycles. The standard InChI is InChI=1S/C105H150N8O14/c1-7-10-13-28-39-59-123-99(120)66-81-79(46-32-23-17-20-26-35-51-97(116)117)92-70-93-80(47-33-24-18-21-27-36-52-98(118)119)104(105(6)126-72(5)127-105)95(113-93)65-77-55-58-88(109-77)103(87-57-54-76(108-87)63-90(81)111-92)74-44-42-43-73(62-74)102-84(106)48-37-38-49-85-78(45-31-22-16-19-25-34-50-96(114)115)71(4)89(110-85)69-94-83(68-101(122)125-61-41-30-15-12-9-3)82(67-100(121)124-60-40-29-14-11-8-2)91(112-94)64-75-53-56-86(102)107-75/h37-38,42-44,48-49,53-58,62-65,72,84,87,89,92,96-98,102-103,108,112-119H,7-36,39-41,45-47,50-52,59-61,66-70,106H2,1-6H3/b48-37-,49-38+,75-64-,76-63-,77-65-. The SMILES string of the molecule is CCCCCCCOC(=O)CC1=C(CCCCCCCCC(O)O)C2Cc3[nH]c(c(C4(C)OC(C)O4)c3CCCCCCCCC(O)O)/C=C3/C=CC(=N3)C(c3cccc(C4C5=N/C(=C\c6[nH]c(c(CC(=O)OCCCCCCC)c6CC(=O)OCCCCCCC)CC6N=C(/C=C/C=C\C4N)C(CCCCCCCCC(O)O)=C6C)C=C5)c3)C3C=C/C(=C/C1=N2)N3. The van der Waals surface area contributed by atoms with Crippen molar-refractivity contribution in [1.82, 2.24) is 15.3 Å². The van der Waals surface area contributed by atoms with Gasteiger partial charge in [-0.2, -0.15) is 0 Å². The number of aliphatic hydroxyl groups is 6. The number of rotatable bonds is 54. The zero-order valence-corrected chi connectivity index (χ0v) is 77.1. The van der Waals surface area contributed by atoms with Gasteiger partial charge in [0.25, 0.3) is 0 Å². The molecular formula is C105H150N8O14. The zero-order valence-electron chi connectivity index (χ0n) is 77.1. The van der Waals surface area contributed by atoms with Crippen LogP contribution in [0.2, 0.25) is 0 Å². The van der Waals surface area contributed by atoms with E-state index in [9.17, 15) is 45.0 Å². The largest absolute Gasteiger partial charge is 0.465 e. The summed E-state index contributed by atoms with van der Waals surface area (Å²) < 4.78 is 31.6. The van der Waals surface area contributed by atoms with Crippen LogP contribution in [0.15, 0.2) is 150 Å². The summed E-state index contributed by atoms with van der Waals surface area (Å²) in [6.45, 7) is 13.6. The lowest BCUT2D eigenvalue weighted by Crippen LogP contribution is -2.48. The molecule has 8 aliphatic heterocycles. The fraction of sp³-hybridized carbons (Fsp3) is 0.610. The maximum absolute atomic E-state index is 14.5. The number of aromatic nitrogens is 2. The van der Waals surface area contributed by atoms with Gasteiger partial charge in [0.15, 0.2) is 30.9 Å². The van der Waals surface area contributed by atoms with E-state index in [2.05, 4.69) is 110 Å². The molecule has 11 rings (SSSR count). The lowest BCUT2D eigenvalue weighted by atomic mass is 9.82. The Balaban J connectivity index is 0.998. The molecule has 0 saturated carbocycles. The number of allylic oxidation sites excluding steroid dienone is 10. The van der Waals surface area contributed by atoms with Gasteiger partial charge in [-0.1, -0.05) is 223 Å². The summed E-state index contributed by atoms with van der Waals surface area (Å²) in [6.07, 6.45) is 58.9. The van der Waals surface area contributed by atoms with Gasteiger partial charge >= 0.3 is 17.9 Å². The van der Waals surface area contributed by atoms with Gasteiger partial charge < -0.3 is 75.3 Å². The van der Waals surface area contributed by atoms with Crippen LogP contribution in [0.1, 0.15) is 360 Å². The van der Waals surface area contributed by atoms with E-state index in [1.165, 1.54) is 5.57 Å². The summed E-state index contributed by atoms with van der Waals surface area (Å²) >= 11 is 0. The van der Waals surface area contributed by atoms with E-state index in [0.717, 1.165) is 321 Å². The second-order valence-electron chi connectivity index (χ2n) is 36.5. The molecule has 10 heterocycles. The monoisotopic (exact) mass is 1750 g/mol. The number of carbonyl (C=O) groups excluding carboxylic acids is 3. The minimum atomic E-state index is -1.30. The molecule has 127 heavy (non-hydrogen) atoms. The Morgan fingerprint density at radius 2 is 0.969 bits per heavy atom. The second-order valence-corrected chi connectivity index (χ2v) is 36.5. The highest BCUT2D eigenvalue weighted by Crippen LogP contribution is 2.47. The molecule has 0 radical (unpaired) electrons. The van der Waals surface area contributed by atoms with Gasteiger partial charge in [-0.3, -0.25) is 34.4 Å². The number of aliphatic hydroxyl groups excluding tert-OH is 3. The number of aromatic amines is 2. The van der Waals surface area contributed by atoms with Gasteiger partial charge in [-0.15, -0.1) is 0 Å². The quantitative estimate of drug-likeness (QED) is 0.0109. The Morgan fingerprint density at radius 1 is 0.496 bits per heavy atom. The molecule has 22 heteroatoms. The van der Waals surface area contributed by atoms with Crippen LogP contribution in [0.3, 0.4) is 0 Å². The van der Waals surface area contributed by atoms with Gasteiger partial charge in [0, 0.05) is 58.8 Å². The minimum absolute atomic E-state index is 0.0493. The Bertz CT molecular complexity index is 4540. The lowest BCUT2D eigenvalue weighted by molar-refractivity contribution is -0.448. The lowest BCUT2D eigenvalue weighted by Gasteiger charge is -2.44. The molecule has 1 aromatic carbocycles. The van der Waals surface area contributed by atoms with E-state index in [1.54, 1.807) is 0 Å². The second kappa shape index (κ2) is 51.9. The first kappa shape index (κ1) is 99.3. The van der Waals surface area contributed by atoms with E-state index < -0.39 is 42.9 Å². The number of hydrogen-bond acceptors (Lipinski definition) is 20. The molecule has 14 bridgehead atoms. The highest BCUT2D eigenvalue weighted by atomic mass is 16.9. The van der Waals surface area contributed by atoms with Crippen LogP contribution in [-0.4, -0.2) is 151 Å². The predicted octanol–water partition coefficient (Wildman–Crippen LogP) is 19.9. The summed E-state index contributed by atoms with van der Waals surface area (Å²) in [4.78, 5) is 73.4. The highest BCUT2D eigenvalue weighted by Gasteiger charge is 2.47. The zero-order chi connectivity index (χ0) is 89.9. The third-order valence-electron chi connectivity index (χ3n) is 26.3. The van der Waals surface area contributed by atoms with Gasteiger partial charge in [-0.25, -0.2) is 0 Å². The van der Waals surface area contributed by atoms with Gasteiger partial charge in [0.05, 0.1) is 97.4 Å². The summed E-state index contributed by atoms with van der Waals surface area (Å²) in [6, 6.07) is 7.10. The van der Waals surface area contributed by atoms with Crippen molar-refractivity contribution in [2.75, 3.05) is 19.8 Å². The number of ether oxygens (including phenoxy) is 5. The Hall–Kier alpha value is -8.29. The van der Waals surface area contributed by atoms with Crippen molar-refractivity contribution in [3.05, 3.63) is 187 Å². The van der Waals surface area contributed by atoms with Gasteiger partial charge in [0.2, 0.25) is 0 Å². The van der Waals surface area contributed by atoms with Crippen LogP contribution in [0.25, 0.3) is 12.2 Å². The molecule has 11 N–H and O–H groups in total. The first-order valence-corrected chi connectivity index (χ1v) is 49.0. The van der Waals surface area contributed by atoms with E-state index in [1.807, 2.05) is 50.3 Å². The maximum Gasteiger partial charge on any atom is 0.310 e. The number of fused-ring (bicyclic) bond motifs is 10. The van der Waals surface area contributed by atoms with Gasteiger partial charge in [-0.05, 0) is 222 Å². The van der Waals surface area contributed by atoms with Crippen LogP contribution in [0, 0.1) is 0 Å². The topological polar surface area (TPSA) is 338 Å². The molecule has 0 spiro atoms. The predicted molar refractivity (Wildman–Crippen MR) is 507 cm³/mol. The number of nitrogens with one attached hydrogen (secondary N) is 3. The third-order valence-corrected chi connectivity index (χ3v) is 26.3. The molecular weight excluding hydrogens is 1600 g/mol. The number of carbonyl (C=O) groups is 3. The summed E-state index contributed by atoms with van der Waals surface area (Å²) in [7, 11) is 0. The molecule has 694 valence electrons. The number of unbranched alkanes of at least 4 members (excludes halogenated alkanes) is 27. The fourth-order valence-electron chi connectivity index (χ4n) is 19.5. The number of hydrogen-bond donors (Lipinski definition) is 10. The molecule has 6 unspecified atom stereocenters. The maximum atomic E-state index is 14.5. The number of benzene rings is 1. The highest BCUT2D eigenvalue weighted by molar-refractivity contribution is 6.14.